The summed E-state index contributed by atoms with van der Waals surface area (Å²) in [6.07, 6.45) is 1.19. The van der Waals surface area contributed by atoms with Crippen molar-refractivity contribution in [3.05, 3.63) is 42.5 Å². The molecular weight excluding hydrogens is 232 g/mol. The van der Waals surface area contributed by atoms with E-state index in [0.29, 0.717) is 12.0 Å². The van der Waals surface area contributed by atoms with Gasteiger partial charge in [0.05, 0.1) is 0 Å². The van der Waals surface area contributed by atoms with E-state index in [1.165, 1.54) is 12.0 Å². The van der Waals surface area contributed by atoms with E-state index in [1.54, 1.807) is 0 Å². The lowest BCUT2D eigenvalue weighted by atomic mass is 10.0. The van der Waals surface area contributed by atoms with Gasteiger partial charge in [-0.05, 0) is 37.6 Å². The zero-order valence-corrected chi connectivity index (χ0v) is 12.8. The first kappa shape index (κ1) is 15.9. The SMILES string of the molecule is C=C(CNC(CC(C)C)CN(C)C)c1ccccc1. The van der Waals surface area contributed by atoms with E-state index in [0.717, 1.165) is 18.7 Å². The highest BCUT2D eigenvalue weighted by Gasteiger charge is 2.12. The van der Waals surface area contributed by atoms with Gasteiger partial charge in [-0.25, -0.2) is 0 Å². The molecule has 0 aliphatic carbocycles. The molecule has 1 N–H and O–H groups in total. The largest absolute Gasteiger partial charge is 0.309 e. The molecule has 0 radical (unpaired) electrons. The molecule has 19 heavy (non-hydrogen) atoms. The summed E-state index contributed by atoms with van der Waals surface area (Å²) in [5.41, 5.74) is 2.39. The second-order valence-corrected chi connectivity index (χ2v) is 5.94. The minimum Gasteiger partial charge on any atom is -0.309 e. The molecule has 2 heteroatoms. The average Bonchev–Trinajstić information content (AvgIpc) is 2.35. The first-order chi connectivity index (χ1) is 8.99. The van der Waals surface area contributed by atoms with Crippen molar-refractivity contribution in [2.24, 2.45) is 5.92 Å². The average molecular weight is 260 g/mol. The summed E-state index contributed by atoms with van der Waals surface area (Å²) in [6.45, 7) is 10.7. The molecule has 2 nitrogen and oxygen atoms in total. The number of nitrogens with zero attached hydrogens (tertiary/aromatic N) is 1. The molecule has 106 valence electrons. The van der Waals surface area contributed by atoms with Gasteiger partial charge in [-0.15, -0.1) is 0 Å². The molecule has 0 heterocycles. The van der Waals surface area contributed by atoms with Gasteiger partial charge in [-0.2, -0.15) is 0 Å². The van der Waals surface area contributed by atoms with Crippen LogP contribution < -0.4 is 5.32 Å². The van der Waals surface area contributed by atoms with E-state index < -0.39 is 0 Å². The Morgan fingerprint density at radius 1 is 1.21 bits per heavy atom. The molecule has 0 saturated carbocycles. The van der Waals surface area contributed by atoms with Crippen molar-refractivity contribution in [2.75, 3.05) is 27.2 Å². The van der Waals surface area contributed by atoms with E-state index in [2.05, 4.69) is 69.0 Å². The van der Waals surface area contributed by atoms with Gasteiger partial charge in [0.25, 0.3) is 0 Å². The van der Waals surface area contributed by atoms with E-state index in [1.807, 2.05) is 6.07 Å². The van der Waals surface area contributed by atoms with Gasteiger partial charge >= 0.3 is 0 Å². The predicted molar refractivity (Wildman–Crippen MR) is 85.3 cm³/mol. The third-order valence-corrected chi connectivity index (χ3v) is 3.13. The molecule has 0 saturated heterocycles. The minimum atomic E-state index is 0.524. The number of likely N-dealkylation sites (N-methyl/N-ethyl adjacent to an activating group) is 1. The molecule has 1 aromatic rings. The van der Waals surface area contributed by atoms with Crippen LogP contribution in [0, 0.1) is 5.92 Å². The summed E-state index contributed by atoms with van der Waals surface area (Å²) in [5, 5.41) is 3.64. The van der Waals surface area contributed by atoms with Crippen molar-refractivity contribution in [1.82, 2.24) is 10.2 Å². The van der Waals surface area contributed by atoms with E-state index in [4.69, 9.17) is 0 Å². The zero-order valence-electron chi connectivity index (χ0n) is 12.8. The second kappa shape index (κ2) is 8.13. The molecule has 0 amide bonds. The Morgan fingerprint density at radius 3 is 2.37 bits per heavy atom. The minimum absolute atomic E-state index is 0.524. The van der Waals surface area contributed by atoms with Crippen LogP contribution in [-0.2, 0) is 0 Å². The number of rotatable bonds is 8. The Kier molecular flexibility index (Phi) is 6.82. The highest BCUT2D eigenvalue weighted by molar-refractivity contribution is 5.64. The van der Waals surface area contributed by atoms with Crippen molar-refractivity contribution in [1.29, 1.82) is 0 Å². The highest BCUT2D eigenvalue weighted by Crippen LogP contribution is 2.12. The lowest BCUT2D eigenvalue weighted by molar-refractivity contribution is 0.313. The summed E-state index contributed by atoms with van der Waals surface area (Å²) >= 11 is 0. The van der Waals surface area contributed by atoms with Gasteiger partial charge < -0.3 is 10.2 Å². The molecule has 1 rings (SSSR count). The topological polar surface area (TPSA) is 15.3 Å². The van der Waals surface area contributed by atoms with Crippen LogP contribution in [0.1, 0.15) is 25.8 Å². The van der Waals surface area contributed by atoms with Crippen LogP contribution in [0.15, 0.2) is 36.9 Å². The molecule has 0 aliphatic heterocycles. The van der Waals surface area contributed by atoms with Gasteiger partial charge in [0.1, 0.15) is 0 Å². The molecule has 0 aromatic heterocycles. The van der Waals surface area contributed by atoms with Crippen molar-refractivity contribution >= 4 is 5.57 Å². The van der Waals surface area contributed by atoms with Crippen molar-refractivity contribution in [3.8, 4) is 0 Å². The van der Waals surface area contributed by atoms with Crippen LogP contribution in [-0.4, -0.2) is 38.1 Å². The monoisotopic (exact) mass is 260 g/mol. The fourth-order valence-electron chi connectivity index (χ4n) is 2.28. The van der Waals surface area contributed by atoms with Gasteiger partial charge in [0.15, 0.2) is 0 Å². The summed E-state index contributed by atoms with van der Waals surface area (Å²) in [4.78, 5) is 2.24. The van der Waals surface area contributed by atoms with E-state index in [-0.39, 0.29) is 0 Å². The lowest BCUT2D eigenvalue weighted by Crippen LogP contribution is -2.39. The molecule has 0 aliphatic rings. The highest BCUT2D eigenvalue weighted by atomic mass is 15.1. The number of hydrogen-bond acceptors (Lipinski definition) is 2. The molecule has 1 unspecified atom stereocenters. The maximum Gasteiger partial charge on any atom is 0.0208 e. The maximum atomic E-state index is 4.18. The van der Waals surface area contributed by atoms with Gasteiger partial charge in [-0.1, -0.05) is 50.8 Å². The van der Waals surface area contributed by atoms with E-state index >= 15 is 0 Å². The Balaban J connectivity index is 2.49. The molecule has 0 fully saturated rings. The fraction of sp³-hybridized carbons (Fsp3) is 0.529. The molecule has 1 atom stereocenters. The quantitative estimate of drug-likeness (QED) is 0.772. The maximum absolute atomic E-state index is 4.18. The summed E-state index contributed by atoms with van der Waals surface area (Å²) in [6, 6.07) is 10.9. The molecule has 0 spiro atoms. The van der Waals surface area contributed by atoms with Crippen LogP contribution in [0.4, 0.5) is 0 Å². The first-order valence-corrected chi connectivity index (χ1v) is 7.10. The molecule has 0 bridgehead atoms. The number of nitrogens with one attached hydrogen (secondary N) is 1. The summed E-state index contributed by atoms with van der Waals surface area (Å²) in [7, 11) is 4.25. The van der Waals surface area contributed by atoms with E-state index in [9.17, 15) is 0 Å². The number of benzene rings is 1. The van der Waals surface area contributed by atoms with Crippen LogP contribution >= 0.6 is 0 Å². The van der Waals surface area contributed by atoms with Crippen LogP contribution in [0.3, 0.4) is 0 Å². The third-order valence-electron chi connectivity index (χ3n) is 3.13. The van der Waals surface area contributed by atoms with Gasteiger partial charge in [0.2, 0.25) is 0 Å². The lowest BCUT2D eigenvalue weighted by Gasteiger charge is -2.24. The van der Waals surface area contributed by atoms with Crippen molar-refractivity contribution in [2.45, 2.75) is 26.3 Å². The van der Waals surface area contributed by atoms with Gasteiger partial charge in [0, 0.05) is 19.1 Å². The Hall–Kier alpha value is -1.12. The van der Waals surface area contributed by atoms with Crippen molar-refractivity contribution < 1.29 is 0 Å². The van der Waals surface area contributed by atoms with Gasteiger partial charge in [-0.3, -0.25) is 0 Å². The van der Waals surface area contributed by atoms with Crippen LogP contribution in [0.5, 0.6) is 0 Å². The fourth-order valence-corrected chi connectivity index (χ4v) is 2.28. The summed E-state index contributed by atoms with van der Waals surface area (Å²) < 4.78 is 0. The zero-order chi connectivity index (χ0) is 14.3. The Morgan fingerprint density at radius 2 is 1.84 bits per heavy atom. The molecule has 1 aromatic carbocycles. The summed E-state index contributed by atoms with van der Waals surface area (Å²) in [5.74, 6) is 0.711. The van der Waals surface area contributed by atoms with Crippen LogP contribution in [0.25, 0.3) is 5.57 Å². The van der Waals surface area contributed by atoms with Crippen molar-refractivity contribution in [3.63, 3.8) is 0 Å². The normalized spacial score (nSPS) is 12.9. The predicted octanol–water partition coefficient (Wildman–Crippen LogP) is 3.27. The second-order valence-electron chi connectivity index (χ2n) is 5.94. The first-order valence-electron chi connectivity index (χ1n) is 7.10. The third kappa shape index (κ3) is 6.55. The Labute approximate surface area is 118 Å². The molecular formula is C17H28N2. The number of hydrogen-bond donors (Lipinski definition) is 1. The smallest absolute Gasteiger partial charge is 0.0208 e. The Bertz CT molecular complexity index is 358. The van der Waals surface area contributed by atoms with Crippen LogP contribution in [0.2, 0.25) is 0 Å². The standard InChI is InChI=1S/C17H28N2/c1-14(2)11-17(13-19(4)5)18-12-15(3)16-9-7-6-8-10-16/h6-10,14,17-18H,3,11-13H2,1-2,4-5H3.